The smallest absolute Gasteiger partial charge is 0.313 e. The molecule has 0 radical (unpaired) electrons. The number of benzene rings is 1. The normalized spacial score (nSPS) is 10.5. The fraction of sp³-hybridized carbons (Fsp3) is 0.333. The number of hydrogen-bond donors (Lipinski definition) is 0. The summed E-state index contributed by atoms with van der Waals surface area (Å²) in [6, 6.07) is 7.42. The molecule has 0 aliphatic carbocycles. The largest absolute Gasteiger partial charge is 0.466 e. The molecular weight excluding hydrogens is 258 g/mol. The van der Waals surface area contributed by atoms with Crippen LogP contribution in [-0.2, 0) is 9.53 Å². The van der Waals surface area contributed by atoms with Crippen LogP contribution < -0.4 is 4.84 Å². The average Bonchev–Trinajstić information content (AvgIpc) is 2.79. The molecule has 0 N–H and O–H groups in total. The lowest BCUT2D eigenvalue weighted by Crippen LogP contribution is -2.12. The van der Waals surface area contributed by atoms with Crippen molar-refractivity contribution in [2.75, 3.05) is 13.2 Å². The van der Waals surface area contributed by atoms with Crippen LogP contribution in [0.15, 0.2) is 30.5 Å². The van der Waals surface area contributed by atoms with Crippen molar-refractivity contribution in [2.45, 2.75) is 20.3 Å². The Hall–Kier alpha value is -2.30. The Labute approximate surface area is 117 Å². The molecule has 0 saturated carbocycles. The molecule has 0 spiro atoms. The van der Waals surface area contributed by atoms with Gasteiger partial charge in [-0.3, -0.25) is 9.59 Å². The van der Waals surface area contributed by atoms with Gasteiger partial charge in [0.2, 0.25) is 0 Å². The van der Waals surface area contributed by atoms with Gasteiger partial charge >= 0.3 is 5.97 Å². The molecule has 0 fully saturated rings. The lowest BCUT2D eigenvalue weighted by molar-refractivity contribution is -0.141. The first-order chi connectivity index (χ1) is 9.67. The molecule has 0 aliphatic heterocycles. The van der Waals surface area contributed by atoms with E-state index in [0.717, 1.165) is 10.9 Å². The second kappa shape index (κ2) is 6.23. The van der Waals surface area contributed by atoms with Crippen molar-refractivity contribution in [1.82, 2.24) is 4.73 Å². The monoisotopic (exact) mass is 275 g/mol. The van der Waals surface area contributed by atoms with E-state index in [-0.39, 0.29) is 18.8 Å². The van der Waals surface area contributed by atoms with Crippen molar-refractivity contribution in [3.8, 4) is 0 Å². The van der Waals surface area contributed by atoms with E-state index in [4.69, 9.17) is 9.57 Å². The highest BCUT2D eigenvalue weighted by Crippen LogP contribution is 2.22. The van der Waals surface area contributed by atoms with Crippen LogP contribution in [0.1, 0.15) is 30.6 Å². The van der Waals surface area contributed by atoms with Crippen molar-refractivity contribution in [3.05, 3.63) is 36.0 Å². The summed E-state index contributed by atoms with van der Waals surface area (Å²) >= 11 is 0. The van der Waals surface area contributed by atoms with Gasteiger partial charge in [0.25, 0.3) is 0 Å². The van der Waals surface area contributed by atoms with Crippen LogP contribution in [0, 0.1) is 0 Å². The maximum absolute atomic E-state index is 12.2. The summed E-state index contributed by atoms with van der Waals surface area (Å²) < 4.78 is 6.37. The third-order valence-electron chi connectivity index (χ3n) is 2.86. The number of ether oxygens (including phenoxy) is 1. The fourth-order valence-electron chi connectivity index (χ4n) is 2.06. The highest BCUT2D eigenvalue weighted by atomic mass is 16.7. The summed E-state index contributed by atoms with van der Waals surface area (Å²) in [5.41, 5.74) is 1.28. The van der Waals surface area contributed by atoms with E-state index in [1.165, 1.54) is 0 Å². The molecule has 5 heteroatoms. The van der Waals surface area contributed by atoms with Crippen molar-refractivity contribution in [1.29, 1.82) is 0 Å². The predicted octanol–water partition coefficient (Wildman–Crippen LogP) is 2.23. The Morgan fingerprint density at radius 3 is 2.60 bits per heavy atom. The van der Waals surface area contributed by atoms with Crippen LogP contribution >= 0.6 is 0 Å². The van der Waals surface area contributed by atoms with Gasteiger partial charge in [0.05, 0.1) is 18.3 Å². The van der Waals surface area contributed by atoms with E-state index in [2.05, 4.69) is 0 Å². The van der Waals surface area contributed by atoms with Crippen molar-refractivity contribution in [3.63, 3.8) is 0 Å². The first-order valence-corrected chi connectivity index (χ1v) is 6.59. The van der Waals surface area contributed by atoms with E-state index in [1.54, 1.807) is 17.9 Å². The number of Topliss-reactive ketones (excluding diaryl/α,β-unsaturated/α-hetero) is 1. The number of rotatable bonds is 6. The highest BCUT2D eigenvalue weighted by Gasteiger charge is 2.18. The van der Waals surface area contributed by atoms with Crippen LogP contribution in [0.3, 0.4) is 0 Å². The number of para-hydroxylation sites is 1. The molecule has 1 aromatic carbocycles. The van der Waals surface area contributed by atoms with Gasteiger partial charge in [0.1, 0.15) is 13.0 Å². The molecule has 0 saturated heterocycles. The quantitative estimate of drug-likeness (QED) is 0.461. The van der Waals surface area contributed by atoms with E-state index < -0.39 is 5.97 Å². The zero-order chi connectivity index (χ0) is 14.5. The highest BCUT2D eigenvalue weighted by molar-refractivity contribution is 6.13. The van der Waals surface area contributed by atoms with Gasteiger partial charge < -0.3 is 9.57 Å². The average molecular weight is 275 g/mol. The molecule has 2 aromatic rings. The molecular formula is C15H17NO4. The number of fused-ring (bicyclic) bond motifs is 1. The summed E-state index contributed by atoms with van der Waals surface area (Å²) in [7, 11) is 0. The van der Waals surface area contributed by atoms with Gasteiger partial charge in [0, 0.05) is 10.9 Å². The maximum atomic E-state index is 12.2. The molecule has 0 atom stereocenters. The minimum Gasteiger partial charge on any atom is -0.466 e. The second-order valence-corrected chi connectivity index (χ2v) is 4.21. The fourth-order valence-corrected chi connectivity index (χ4v) is 2.06. The van der Waals surface area contributed by atoms with Crippen LogP contribution in [-0.4, -0.2) is 29.7 Å². The Balaban J connectivity index is 2.34. The Kier molecular flexibility index (Phi) is 4.40. The SMILES string of the molecule is CCOC(=O)CC(=O)c1cn(OCC)c2ccccc12. The third kappa shape index (κ3) is 2.82. The summed E-state index contributed by atoms with van der Waals surface area (Å²) in [6.07, 6.45) is 1.36. The standard InChI is InChI=1S/C15H17NO4/c1-3-19-15(18)9-14(17)12-10-16(20-4-2)13-8-6-5-7-11(12)13/h5-8,10H,3-4,9H2,1-2H3. The number of esters is 1. The minimum atomic E-state index is -0.509. The zero-order valence-corrected chi connectivity index (χ0v) is 11.6. The van der Waals surface area contributed by atoms with E-state index in [1.807, 2.05) is 31.2 Å². The van der Waals surface area contributed by atoms with E-state index >= 15 is 0 Å². The Bertz CT molecular complexity index is 630. The van der Waals surface area contributed by atoms with Gasteiger partial charge in [-0.25, -0.2) is 0 Å². The molecule has 0 aliphatic rings. The van der Waals surface area contributed by atoms with Gasteiger partial charge in [-0.15, -0.1) is 0 Å². The maximum Gasteiger partial charge on any atom is 0.313 e. The molecule has 106 valence electrons. The van der Waals surface area contributed by atoms with Crippen molar-refractivity contribution in [2.24, 2.45) is 0 Å². The predicted molar refractivity (Wildman–Crippen MR) is 74.6 cm³/mol. The van der Waals surface area contributed by atoms with Crippen LogP contribution in [0.4, 0.5) is 0 Å². The van der Waals surface area contributed by atoms with Crippen molar-refractivity contribution >= 4 is 22.7 Å². The number of carbonyl (C=O) groups excluding carboxylic acids is 2. The van der Waals surface area contributed by atoms with Crippen molar-refractivity contribution < 1.29 is 19.2 Å². The molecule has 0 bridgehead atoms. The number of nitrogens with zero attached hydrogens (tertiary/aromatic N) is 1. The molecule has 5 nitrogen and oxygen atoms in total. The molecule has 0 unspecified atom stereocenters. The summed E-state index contributed by atoms with van der Waals surface area (Å²) in [5, 5.41) is 0.773. The molecule has 2 rings (SSSR count). The van der Waals surface area contributed by atoms with Gasteiger partial charge in [-0.2, -0.15) is 4.73 Å². The summed E-state index contributed by atoms with van der Waals surface area (Å²) in [5.74, 6) is -0.774. The van der Waals surface area contributed by atoms with Crippen LogP contribution in [0.25, 0.3) is 10.9 Å². The lowest BCUT2D eigenvalue weighted by Gasteiger charge is -2.03. The van der Waals surface area contributed by atoms with E-state index in [9.17, 15) is 9.59 Å². The Morgan fingerprint density at radius 1 is 1.15 bits per heavy atom. The first-order valence-electron chi connectivity index (χ1n) is 6.59. The zero-order valence-electron chi connectivity index (χ0n) is 11.6. The number of carbonyl (C=O) groups is 2. The summed E-state index contributed by atoms with van der Waals surface area (Å²) in [6.45, 7) is 4.34. The third-order valence-corrected chi connectivity index (χ3v) is 2.86. The Morgan fingerprint density at radius 2 is 1.90 bits per heavy atom. The van der Waals surface area contributed by atoms with Crippen LogP contribution in [0.2, 0.25) is 0 Å². The number of hydrogen-bond acceptors (Lipinski definition) is 4. The second-order valence-electron chi connectivity index (χ2n) is 4.21. The lowest BCUT2D eigenvalue weighted by atomic mass is 10.1. The van der Waals surface area contributed by atoms with Gasteiger partial charge in [-0.1, -0.05) is 18.2 Å². The van der Waals surface area contributed by atoms with Crippen LogP contribution in [0.5, 0.6) is 0 Å². The molecule has 1 aromatic heterocycles. The summed E-state index contributed by atoms with van der Waals surface area (Å²) in [4.78, 5) is 29.1. The number of ketones is 1. The molecule has 0 amide bonds. The topological polar surface area (TPSA) is 57.5 Å². The number of aromatic nitrogens is 1. The minimum absolute atomic E-state index is 0.256. The van der Waals surface area contributed by atoms with E-state index in [0.29, 0.717) is 12.2 Å². The molecule has 20 heavy (non-hydrogen) atoms. The first kappa shape index (κ1) is 14.1. The molecule has 1 heterocycles. The van der Waals surface area contributed by atoms with Gasteiger partial charge in [-0.05, 0) is 19.9 Å². The van der Waals surface area contributed by atoms with Gasteiger partial charge in [0.15, 0.2) is 5.78 Å².